The van der Waals surface area contributed by atoms with Gasteiger partial charge in [-0.1, -0.05) is 19.0 Å². The van der Waals surface area contributed by atoms with Crippen molar-refractivity contribution in [2.24, 2.45) is 11.0 Å². The molecule has 3 atom stereocenters. The molecule has 1 rings (SSSR count). The third-order valence-corrected chi connectivity index (χ3v) is 3.49. The van der Waals surface area contributed by atoms with Gasteiger partial charge in [0, 0.05) is 43.2 Å². The Labute approximate surface area is 151 Å². The minimum absolute atomic E-state index is 0.0589. The number of benzene rings is 1. The van der Waals surface area contributed by atoms with Gasteiger partial charge in [-0.3, -0.25) is 0 Å². The van der Waals surface area contributed by atoms with E-state index in [4.69, 9.17) is 19.7 Å². The molecule has 0 heterocycles. The van der Waals surface area contributed by atoms with Crippen LogP contribution >= 0.6 is 0 Å². The Bertz CT molecular complexity index is 577. The van der Waals surface area contributed by atoms with Crippen LogP contribution in [0.15, 0.2) is 23.3 Å². The zero-order valence-corrected chi connectivity index (χ0v) is 15.1. The van der Waals surface area contributed by atoms with E-state index in [-0.39, 0.29) is 25.4 Å². The molecular weight excluding hydrogens is 348 g/mol. The molecule has 26 heavy (non-hydrogen) atoms. The molecule has 0 radical (unpaired) electrons. The first kappa shape index (κ1) is 22.1. The summed E-state index contributed by atoms with van der Waals surface area (Å²) in [5, 5.41) is 13.8. The van der Waals surface area contributed by atoms with E-state index in [2.05, 4.69) is 10.0 Å². The van der Waals surface area contributed by atoms with Crippen LogP contribution in [0.2, 0.25) is 0 Å². The fraction of sp³-hybridized carbons (Fsp3) is 0.647. The van der Waals surface area contributed by atoms with E-state index in [0.717, 1.165) is 12.1 Å². The molecular formula is C17H25F2N3O4. The predicted octanol–water partition coefficient (Wildman–Crippen LogP) is 3.46. The second kappa shape index (κ2) is 11.6. The maximum absolute atomic E-state index is 13.2. The summed E-state index contributed by atoms with van der Waals surface area (Å²) in [6.45, 7) is 4.63. The summed E-state index contributed by atoms with van der Waals surface area (Å²) in [5.41, 5.74) is 8.68. The molecule has 7 nitrogen and oxygen atoms in total. The van der Waals surface area contributed by atoms with E-state index in [1.165, 1.54) is 7.11 Å². The van der Waals surface area contributed by atoms with E-state index >= 15 is 0 Å². The lowest BCUT2D eigenvalue weighted by atomic mass is 10.1. The Morgan fingerprint density at radius 2 is 1.81 bits per heavy atom. The van der Waals surface area contributed by atoms with Crippen molar-refractivity contribution >= 4 is 0 Å². The number of halogens is 2. The van der Waals surface area contributed by atoms with E-state index in [0.29, 0.717) is 18.6 Å². The van der Waals surface area contributed by atoms with Gasteiger partial charge in [0.25, 0.3) is 0 Å². The Balaban J connectivity index is 2.61. The van der Waals surface area contributed by atoms with Gasteiger partial charge in [-0.15, -0.1) is 0 Å². The Hall–Kier alpha value is -1.93. The minimum atomic E-state index is -1.07. The summed E-state index contributed by atoms with van der Waals surface area (Å²) in [4.78, 5) is 2.69. The molecule has 1 N–H and O–H groups in total. The first-order chi connectivity index (χ1) is 12.3. The molecule has 0 unspecified atom stereocenters. The SMILES string of the molecule is CO[C@@H](COCC(C)C)C[C@H](O)[C@H](COc1cc(F)cc(F)c1)N=[N+]=[N-]. The largest absolute Gasteiger partial charge is 0.493 e. The van der Waals surface area contributed by atoms with Crippen LogP contribution < -0.4 is 4.74 Å². The van der Waals surface area contributed by atoms with Crippen LogP contribution in [0.25, 0.3) is 10.4 Å². The monoisotopic (exact) mass is 373 g/mol. The first-order valence-electron chi connectivity index (χ1n) is 8.27. The van der Waals surface area contributed by atoms with Gasteiger partial charge in [0.15, 0.2) is 0 Å². The number of aliphatic hydroxyl groups excluding tert-OH is 1. The van der Waals surface area contributed by atoms with Crippen molar-refractivity contribution < 1.29 is 28.1 Å². The average Bonchev–Trinajstić information content (AvgIpc) is 2.56. The van der Waals surface area contributed by atoms with Crippen LogP contribution in [0.5, 0.6) is 5.75 Å². The van der Waals surface area contributed by atoms with E-state index in [9.17, 15) is 13.9 Å². The number of methoxy groups -OCH3 is 1. The van der Waals surface area contributed by atoms with Gasteiger partial charge in [0.2, 0.25) is 0 Å². The second-order valence-corrected chi connectivity index (χ2v) is 6.28. The number of nitrogens with zero attached hydrogens (tertiary/aromatic N) is 3. The summed E-state index contributed by atoms with van der Waals surface area (Å²) >= 11 is 0. The zero-order valence-electron chi connectivity index (χ0n) is 15.1. The summed E-state index contributed by atoms with van der Waals surface area (Å²) in [6, 6.07) is 1.77. The minimum Gasteiger partial charge on any atom is -0.493 e. The highest BCUT2D eigenvalue weighted by Gasteiger charge is 2.23. The van der Waals surface area contributed by atoms with Crippen LogP contribution in [0.4, 0.5) is 8.78 Å². The molecule has 0 amide bonds. The molecule has 1 aromatic carbocycles. The van der Waals surface area contributed by atoms with Crippen molar-refractivity contribution in [1.82, 2.24) is 0 Å². The van der Waals surface area contributed by atoms with Crippen molar-refractivity contribution in [1.29, 1.82) is 0 Å². The first-order valence-corrected chi connectivity index (χ1v) is 8.27. The van der Waals surface area contributed by atoms with Crippen LogP contribution in [0.1, 0.15) is 20.3 Å². The molecule has 1 aromatic rings. The third kappa shape index (κ3) is 8.44. The fourth-order valence-electron chi connectivity index (χ4n) is 2.18. The number of hydrogen-bond acceptors (Lipinski definition) is 5. The van der Waals surface area contributed by atoms with Gasteiger partial charge >= 0.3 is 0 Å². The van der Waals surface area contributed by atoms with Crippen molar-refractivity contribution in [3.8, 4) is 5.75 Å². The maximum Gasteiger partial charge on any atom is 0.129 e. The van der Waals surface area contributed by atoms with Crippen LogP contribution in [-0.4, -0.2) is 50.3 Å². The topological polar surface area (TPSA) is 96.7 Å². The van der Waals surface area contributed by atoms with Gasteiger partial charge in [-0.2, -0.15) is 0 Å². The standard InChI is InChI=1S/C17H25F2N3O4/c1-11(2)8-25-9-15(24-3)7-17(23)16(21-22-20)10-26-14-5-12(18)4-13(19)6-14/h4-6,11,15-17,23H,7-10H2,1-3H3/t15-,16+,17+/m1/s1. The van der Waals surface area contributed by atoms with Gasteiger partial charge in [0.05, 0.1) is 31.5 Å². The van der Waals surface area contributed by atoms with E-state index in [1.807, 2.05) is 13.8 Å². The smallest absolute Gasteiger partial charge is 0.129 e. The van der Waals surface area contributed by atoms with Crippen molar-refractivity contribution in [3.05, 3.63) is 40.3 Å². The molecule has 0 aromatic heterocycles. The molecule has 0 fully saturated rings. The van der Waals surface area contributed by atoms with Gasteiger partial charge in [-0.05, 0) is 11.4 Å². The lowest BCUT2D eigenvalue weighted by molar-refractivity contribution is -0.0292. The predicted molar refractivity (Wildman–Crippen MR) is 91.9 cm³/mol. The quantitative estimate of drug-likeness (QED) is 0.345. The molecule has 146 valence electrons. The summed E-state index contributed by atoms with van der Waals surface area (Å²) < 4.78 is 42.4. The van der Waals surface area contributed by atoms with Crippen molar-refractivity contribution in [2.75, 3.05) is 26.9 Å². The van der Waals surface area contributed by atoms with Gasteiger partial charge < -0.3 is 19.3 Å². The molecule has 9 heteroatoms. The Morgan fingerprint density at radius 3 is 2.35 bits per heavy atom. The highest BCUT2D eigenvalue weighted by molar-refractivity contribution is 5.23. The average molecular weight is 373 g/mol. The lowest BCUT2D eigenvalue weighted by Gasteiger charge is -2.23. The number of ether oxygens (including phenoxy) is 3. The summed E-state index contributed by atoms with van der Waals surface area (Å²) in [5.74, 6) is -1.27. The van der Waals surface area contributed by atoms with E-state index < -0.39 is 29.9 Å². The molecule has 0 saturated carbocycles. The van der Waals surface area contributed by atoms with Crippen LogP contribution in [0, 0.1) is 17.6 Å². The number of hydrogen-bond donors (Lipinski definition) is 1. The Kier molecular flexibility index (Phi) is 9.90. The van der Waals surface area contributed by atoms with E-state index in [1.54, 1.807) is 0 Å². The second-order valence-electron chi connectivity index (χ2n) is 6.28. The third-order valence-electron chi connectivity index (χ3n) is 3.49. The summed E-state index contributed by atoms with van der Waals surface area (Å²) in [6.07, 6.45) is -1.32. The van der Waals surface area contributed by atoms with Crippen molar-refractivity contribution in [3.63, 3.8) is 0 Å². The zero-order chi connectivity index (χ0) is 19.5. The van der Waals surface area contributed by atoms with Crippen molar-refractivity contribution in [2.45, 2.75) is 38.5 Å². The maximum atomic E-state index is 13.2. The molecule has 0 aliphatic carbocycles. The number of rotatable bonds is 12. The summed E-state index contributed by atoms with van der Waals surface area (Å²) in [7, 11) is 1.49. The van der Waals surface area contributed by atoms with Gasteiger partial charge in [0.1, 0.15) is 17.4 Å². The highest BCUT2D eigenvalue weighted by atomic mass is 19.1. The van der Waals surface area contributed by atoms with Gasteiger partial charge in [-0.25, -0.2) is 8.78 Å². The lowest BCUT2D eigenvalue weighted by Crippen LogP contribution is -2.35. The molecule has 0 bridgehead atoms. The fourth-order valence-corrected chi connectivity index (χ4v) is 2.18. The molecule has 0 spiro atoms. The number of aliphatic hydroxyl groups is 1. The molecule has 0 saturated heterocycles. The number of azide groups is 1. The molecule has 0 aliphatic rings. The van der Waals surface area contributed by atoms with Crippen LogP contribution in [-0.2, 0) is 9.47 Å². The van der Waals surface area contributed by atoms with Crippen LogP contribution in [0.3, 0.4) is 0 Å². The molecule has 0 aliphatic heterocycles. The normalized spacial score (nSPS) is 14.6. The highest BCUT2D eigenvalue weighted by Crippen LogP contribution is 2.17. The Morgan fingerprint density at radius 1 is 1.15 bits per heavy atom.